The Bertz CT molecular complexity index is 858. The highest BCUT2D eigenvalue weighted by molar-refractivity contribution is 5.94. The van der Waals surface area contributed by atoms with Crippen molar-refractivity contribution < 1.29 is 9.53 Å². The van der Waals surface area contributed by atoms with Gasteiger partial charge in [0.05, 0.1) is 5.69 Å². The summed E-state index contributed by atoms with van der Waals surface area (Å²) in [4.78, 5) is 13.1. The van der Waals surface area contributed by atoms with Crippen LogP contribution in [0.15, 0.2) is 18.2 Å². The molecule has 2 aliphatic rings. The Kier molecular flexibility index (Phi) is 5.28. The molecule has 1 aromatic carbocycles. The van der Waals surface area contributed by atoms with Gasteiger partial charge in [0, 0.05) is 37.8 Å². The van der Waals surface area contributed by atoms with Crippen LogP contribution in [0.4, 0.5) is 0 Å². The van der Waals surface area contributed by atoms with Crippen LogP contribution in [0.25, 0.3) is 0 Å². The zero-order chi connectivity index (χ0) is 19.7. The van der Waals surface area contributed by atoms with Crippen LogP contribution < -0.4 is 5.32 Å². The van der Waals surface area contributed by atoms with E-state index < -0.39 is 0 Å². The topological polar surface area (TPSA) is 56.2 Å². The van der Waals surface area contributed by atoms with Crippen molar-refractivity contribution in [3.05, 3.63) is 51.8 Å². The molecule has 0 radical (unpaired) electrons. The number of aryl methyl sites for hydroxylation is 4. The second-order valence-corrected chi connectivity index (χ2v) is 8.56. The van der Waals surface area contributed by atoms with Gasteiger partial charge in [-0.25, -0.2) is 0 Å². The van der Waals surface area contributed by atoms with E-state index in [2.05, 4.69) is 42.5 Å². The summed E-state index contributed by atoms with van der Waals surface area (Å²) in [6, 6.07) is 6.75. The Morgan fingerprint density at radius 2 is 1.82 bits per heavy atom. The molecule has 0 atom stereocenters. The third-order valence-electron chi connectivity index (χ3n) is 6.41. The van der Waals surface area contributed by atoms with Crippen LogP contribution >= 0.6 is 0 Å². The molecule has 0 bridgehead atoms. The fourth-order valence-corrected chi connectivity index (χ4v) is 4.91. The van der Waals surface area contributed by atoms with E-state index in [0.29, 0.717) is 6.54 Å². The number of hydrogen-bond acceptors (Lipinski definition) is 3. The third-order valence-corrected chi connectivity index (χ3v) is 6.41. The van der Waals surface area contributed by atoms with Crippen LogP contribution in [0.3, 0.4) is 0 Å². The standard InChI is InChI=1S/C23H31N3O2/c1-16-12-17(2)14-18(13-16)23(8-10-28-11-9-23)15-24-22(27)21-19-6-4-5-7-20(19)25-26(21)3/h12-14H,4-11,15H2,1-3H3,(H,24,27). The molecule has 28 heavy (non-hydrogen) atoms. The van der Waals surface area contributed by atoms with Crippen molar-refractivity contribution in [2.24, 2.45) is 7.05 Å². The number of hydrogen-bond donors (Lipinski definition) is 1. The van der Waals surface area contributed by atoms with E-state index in [1.807, 2.05) is 7.05 Å². The van der Waals surface area contributed by atoms with Crippen LogP contribution in [0, 0.1) is 13.8 Å². The molecular formula is C23H31N3O2. The number of ether oxygens (including phenoxy) is 1. The quantitative estimate of drug-likeness (QED) is 0.883. The molecule has 2 heterocycles. The molecule has 0 spiro atoms. The number of nitrogens with zero attached hydrogens (tertiary/aromatic N) is 2. The number of amides is 1. The third kappa shape index (κ3) is 3.60. The van der Waals surface area contributed by atoms with Gasteiger partial charge in [0.1, 0.15) is 5.69 Å². The Hall–Kier alpha value is -2.14. The molecule has 1 aromatic heterocycles. The van der Waals surface area contributed by atoms with Gasteiger partial charge in [0.25, 0.3) is 5.91 Å². The van der Waals surface area contributed by atoms with Gasteiger partial charge in [-0.15, -0.1) is 0 Å². The lowest BCUT2D eigenvalue weighted by atomic mass is 9.73. The summed E-state index contributed by atoms with van der Waals surface area (Å²) in [5.41, 5.74) is 6.80. The molecular weight excluding hydrogens is 350 g/mol. The molecule has 0 unspecified atom stereocenters. The Morgan fingerprint density at radius 1 is 1.14 bits per heavy atom. The highest BCUT2D eigenvalue weighted by Crippen LogP contribution is 2.35. The molecule has 1 saturated heterocycles. The van der Waals surface area contributed by atoms with Crippen molar-refractivity contribution >= 4 is 5.91 Å². The van der Waals surface area contributed by atoms with Gasteiger partial charge in [-0.05, 0) is 57.9 Å². The first-order valence-electron chi connectivity index (χ1n) is 10.5. The van der Waals surface area contributed by atoms with Crippen LogP contribution in [0.1, 0.15) is 64.1 Å². The number of nitrogens with one attached hydrogen (secondary N) is 1. The summed E-state index contributed by atoms with van der Waals surface area (Å²) in [6.07, 6.45) is 6.12. The SMILES string of the molecule is Cc1cc(C)cc(C2(CNC(=O)c3c4c(nn3C)CCCC4)CCOCC2)c1. The molecule has 5 nitrogen and oxygen atoms in total. The normalized spacial score (nSPS) is 18.5. The van der Waals surface area contributed by atoms with Gasteiger partial charge >= 0.3 is 0 Å². The van der Waals surface area contributed by atoms with Crippen LogP contribution in [-0.2, 0) is 30.0 Å². The van der Waals surface area contributed by atoms with Gasteiger partial charge in [0.2, 0.25) is 0 Å². The lowest BCUT2D eigenvalue weighted by molar-refractivity contribution is 0.0486. The first-order valence-corrected chi connectivity index (χ1v) is 10.5. The number of benzene rings is 1. The van der Waals surface area contributed by atoms with Gasteiger partial charge in [0.15, 0.2) is 0 Å². The lowest BCUT2D eigenvalue weighted by Gasteiger charge is -2.38. The van der Waals surface area contributed by atoms with Crippen LogP contribution in [0.5, 0.6) is 0 Å². The Morgan fingerprint density at radius 3 is 2.54 bits per heavy atom. The molecule has 1 amide bonds. The van der Waals surface area contributed by atoms with E-state index in [9.17, 15) is 4.79 Å². The fourth-order valence-electron chi connectivity index (χ4n) is 4.91. The molecule has 1 aliphatic carbocycles. The van der Waals surface area contributed by atoms with Gasteiger partial charge < -0.3 is 10.1 Å². The average Bonchev–Trinajstić information content (AvgIpc) is 3.02. The molecule has 4 rings (SSSR count). The molecule has 1 N–H and O–H groups in total. The van der Waals surface area contributed by atoms with E-state index >= 15 is 0 Å². The predicted molar refractivity (Wildman–Crippen MR) is 110 cm³/mol. The maximum atomic E-state index is 13.1. The second-order valence-electron chi connectivity index (χ2n) is 8.56. The minimum absolute atomic E-state index is 0.00777. The smallest absolute Gasteiger partial charge is 0.269 e. The molecule has 2 aromatic rings. The van der Waals surface area contributed by atoms with Crippen molar-refractivity contribution in [1.29, 1.82) is 0 Å². The van der Waals surface area contributed by atoms with Crippen molar-refractivity contribution in [3.63, 3.8) is 0 Å². The number of carbonyl (C=O) groups excluding carboxylic acids is 1. The van der Waals surface area contributed by atoms with Gasteiger partial charge in [-0.1, -0.05) is 29.3 Å². The summed E-state index contributed by atoms with van der Waals surface area (Å²) >= 11 is 0. The highest BCUT2D eigenvalue weighted by atomic mass is 16.5. The van der Waals surface area contributed by atoms with Gasteiger partial charge in [-0.3, -0.25) is 9.48 Å². The molecule has 0 saturated carbocycles. The summed E-state index contributed by atoms with van der Waals surface area (Å²) in [7, 11) is 1.89. The first-order chi connectivity index (χ1) is 13.5. The zero-order valence-electron chi connectivity index (χ0n) is 17.3. The van der Waals surface area contributed by atoms with Crippen molar-refractivity contribution in [3.8, 4) is 0 Å². The predicted octanol–water partition coefficient (Wildman–Crippen LogP) is 3.39. The van der Waals surface area contributed by atoms with E-state index in [0.717, 1.165) is 62.3 Å². The summed E-state index contributed by atoms with van der Waals surface area (Å²) in [6.45, 7) is 6.40. The molecule has 5 heteroatoms. The maximum Gasteiger partial charge on any atom is 0.269 e. The number of rotatable bonds is 4. The fraction of sp³-hybridized carbons (Fsp3) is 0.565. The summed E-state index contributed by atoms with van der Waals surface area (Å²) < 4.78 is 7.43. The largest absolute Gasteiger partial charge is 0.381 e. The van der Waals surface area contributed by atoms with Crippen molar-refractivity contribution in [2.45, 2.75) is 57.8 Å². The summed E-state index contributed by atoms with van der Waals surface area (Å²) in [5, 5.41) is 7.87. The van der Waals surface area contributed by atoms with E-state index in [1.54, 1.807) is 4.68 Å². The number of aromatic nitrogens is 2. The molecule has 1 fully saturated rings. The van der Waals surface area contributed by atoms with E-state index in [1.165, 1.54) is 23.1 Å². The first kappa shape index (κ1) is 19.2. The van der Waals surface area contributed by atoms with Crippen LogP contribution in [-0.4, -0.2) is 35.4 Å². The van der Waals surface area contributed by atoms with Crippen molar-refractivity contribution in [1.82, 2.24) is 15.1 Å². The minimum atomic E-state index is -0.0661. The van der Waals surface area contributed by atoms with Crippen LogP contribution in [0.2, 0.25) is 0 Å². The zero-order valence-corrected chi connectivity index (χ0v) is 17.3. The van der Waals surface area contributed by atoms with Gasteiger partial charge in [-0.2, -0.15) is 5.10 Å². The minimum Gasteiger partial charge on any atom is -0.381 e. The van der Waals surface area contributed by atoms with E-state index in [-0.39, 0.29) is 11.3 Å². The Labute approximate surface area is 167 Å². The highest BCUT2D eigenvalue weighted by Gasteiger charge is 2.36. The average molecular weight is 382 g/mol. The maximum absolute atomic E-state index is 13.1. The number of fused-ring (bicyclic) bond motifs is 1. The summed E-state index contributed by atoms with van der Waals surface area (Å²) in [5.74, 6) is 0.00777. The Balaban J connectivity index is 1.59. The monoisotopic (exact) mass is 381 g/mol. The molecule has 1 aliphatic heterocycles. The van der Waals surface area contributed by atoms with Crippen molar-refractivity contribution in [2.75, 3.05) is 19.8 Å². The van der Waals surface area contributed by atoms with E-state index in [4.69, 9.17) is 4.74 Å². The lowest BCUT2D eigenvalue weighted by Crippen LogP contribution is -2.45. The molecule has 150 valence electrons. The number of carbonyl (C=O) groups is 1. The second kappa shape index (κ2) is 7.70.